The quantitative estimate of drug-likeness (QED) is 0.530. The largest absolute Gasteiger partial charge is 0.521 e. The van der Waals surface area contributed by atoms with E-state index in [0.717, 1.165) is 0 Å². The van der Waals surface area contributed by atoms with Crippen molar-refractivity contribution in [1.82, 2.24) is 5.32 Å². The molecule has 0 atom stereocenters. The molecule has 0 aliphatic carbocycles. The Bertz CT molecular complexity index is 34.9. The molecule has 0 aliphatic rings. The summed E-state index contributed by atoms with van der Waals surface area (Å²) in [5, 5.41) is 2.58. The van der Waals surface area contributed by atoms with Gasteiger partial charge in [0.05, 0.1) is 0 Å². The van der Waals surface area contributed by atoms with Crippen LogP contribution in [0.2, 0.25) is 0 Å². The Balaban J connectivity index is -0.0000000125. The molecule has 0 aliphatic heterocycles. The minimum atomic E-state index is 0. The van der Waals surface area contributed by atoms with Crippen LogP contribution in [0.3, 0.4) is 0 Å². The topological polar surface area (TPSA) is 38.0 Å². The third-order valence-electron chi connectivity index (χ3n) is 0.167. The van der Waals surface area contributed by atoms with Gasteiger partial charge in [0.15, 0.2) is 0 Å². The Kier molecular flexibility index (Phi) is 325. The van der Waals surface area contributed by atoms with Crippen LogP contribution in [-0.2, 0) is 42.1 Å². The zero-order chi connectivity index (χ0) is 7.41. The van der Waals surface area contributed by atoms with E-state index in [1.807, 2.05) is 0 Å². The van der Waals surface area contributed by atoms with Crippen molar-refractivity contribution in [2.24, 2.45) is 5.73 Å². The Hall–Kier alpha value is 0.617. The molecule has 0 aromatic heterocycles. The number of nitrogens with one attached hydrogen (secondary N) is 1. The number of nitrogens with two attached hydrogens (primary N) is 1. The SMILES string of the molecule is CN.[CH-]=C.[CH-]=CNC.[W].[W]. The standard InChI is InChI=1S/C3H6N.C2H3.CH5N.2W/c1-3-4-2;2*1-2;;/h1,3-4H,2H3;1H,2H2;2H2,1H3;;/q2*-1;;;. The molecule has 0 fully saturated rings. The first kappa shape index (κ1) is 31.1. The third kappa shape index (κ3) is 191. The van der Waals surface area contributed by atoms with Crippen molar-refractivity contribution in [1.29, 1.82) is 0 Å². The maximum atomic E-state index is 4.79. The van der Waals surface area contributed by atoms with Gasteiger partial charge < -0.3 is 24.2 Å². The van der Waals surface area contributed by atoms with Crippen molar-refractivity contribution in [3.8, 4) is 0 Å². The summed E-state index contributed by atoms with van der Waals surface area (Å²) in [6, 6.07) is 0. The first-order chi connectivity index (χ1) is 3.91. The van der Waals surface area contributed by atoms with E-state index in [0.29, 0.717) is 0 Å². The van der Waals surface area contributed by atoms with E-state index in [-0.39, 0.29) is 42.1 Å². The van der Waals surface area contributed by atoms with E-state index < -0.39 is 0 Å². The monoisotopic (exact) mass is 482 g/mol. The Morgan fingerprint density at radius 3 is 1.40 bits per heavy atom. The predicted octanol–water partition coefficient (Wildman–Crippen LogP) is 0.328. The summed E-state index contributed by atoms with van der Waals surface area (Å²) >= 11 is 0. The summed E-state index contributed by atoms with van der Waals surface area (Å²) in [6.07, 6.45) is 1.38. The second-order valence-corrected chi connectivity index (χ2v) is 0.455. The maximum absolute atomic E-state index is 4.79. The molecule has 2 nitrogen and oxygen atoms in total. The Morgan fingerprint density at radius 2 is 1.40 bits per heavy atom. The second kappa shape index (κ2) is 104. The molecule has 3 N–H and O–H groups in total. The third-order valence-corrected chi connectivity index (χ3v) is 0.167. The minimum Gasteiger partial charge on any atom is -0.521 e. The van der Waals surface area contributed by atoms with Crippen molar-refractivity contribution in [2.75, 3.05) is 14.1 Å². The van der Waals surface area contributed by atoms with E-state index >= 15 is 0 Å². The van der Waals surface area contributed by atoms with Gasteiger partial charge in [-0.05, 0) is 14.1 Å². The number of hydrogen-bond acceptors (Lipinski definition) is 2. The molecular weight excluding hydrogens is 468 g/mol. The normalized spacial score (nSPS) is 3.10. The zero-order valence-electron chi connectivity index (χ0n) is 6.33. The molecule has 0 radical (unpaired) electrons. The van der Waals surface area contributed by atoms with Crippen molar-refractivity contribution in [3.63, 3.8) is 0 Å². The van der Waals surface area contributed by atoms with Gasteiger partial charge in [-0.15, -0.1) is 0 Å². The summed E-state index contributed by atoms with van der Waals surface area (Å²) in [4.78, 5) is 0. The van der Waals surface area contributed by atoms with Gasteiger partial charge in [0.25, 0.3) is 0 Å². The summed E-state index contributed by atoms with van der Waals surface area (Å²) in [5.74, 6) is 0. The van der Waals surface area contributed by atoms with Crippen LogP contribution in [0.15, 0.2) is 12.8 Å². The van der Waals surface area contributed by atoms with Crippen LogP contribution in [0.5, 0.6) is 0 Å². The Labute approximate surface area is 92.9 Å². The van der Waals surface area contributed by atoms with E-state index in [9.17, 15) is 0 Å². The van der Waals surface area contributed by atoms with Gasteiger partial charge in [-0.3, -0.25) is 6.58 Å². The van der Waals surface area contributed by atoms with Gasteiger partial charge in [-0.25, -0.2) is 0 Å². The molecule has 0 aromatic rings. The summed E-state index contributed by atoms with van der Waals surface area (Å²) in [7, 11) is 3.25. The fourth-order valence-corrected chi connectivity index (χ4v) is 0. The molecular formula is C6H14N2W2-2. The van der Waals surface area contributed by atoms with Crippen molar-refractivity contribution in [3.05, 3.63) is 25.9 Å². The summed E-state index contributed by atoms with van der Waals surface area (Å²) in [5.41, 5.74) is 4.50. The number of hydrogen-bond donors (Lipinski definition) is 2. The molecule has 0 bridgehead atoms. The zero-order valence-corrected chi connectivity index (χ0v) is 12.2. The fraction of sp³-hybridized carbons (Fsp3) is 0.333. The molecule has 0 amide bonds. The molecule has 10 heavy (non-hydrogen) atoms. The van der Waals surface area contributed by atoms with Gasteiger partial charge in [0.1, 0.15) is 0 Å². The van der Waals surface area contributed by atoms with Crippen molar-refractivity contribution < 1.29 is 42.1 Å². The van der Waals surface area contributed by atoms with E-state index in [4.69, 9.17) is 6.58 Å². The first-order valence-corrected chi connectivity index (χ1v) is 2.11. The van der Waals surface area contributed by atoms with E-state index in [1.54, 1.807) is 7.05 Å². The van der Waals surface area contributed by atoms with Gasteiger partial charge >= 0.3 is 0 Å². The molecule has 0 saturated heterocycles. The maximum Gasteiger partial charge on any atom is 0 e. The van der Waals surface area contributed by atoms with Crippen LogP contribution in [0.25, 0.3) is 0 Å². The second-order valence-electron chi connectivity index (χ2n) is 0.455. The molecule has 0 aromatic carbocycles. The predicted molar refractivity (Wildman–Crippen MR) is 38.0 cm³/mol. The molecule has 4 heteroatoms. The van der Waals surface area contributed by atoms with Crippen LogP contribution >= 0.6 is 0 Å². The first-order valence-electron chi connectivity index (χ1n) is 2.11. The van der Waals surface area contributed by atoms with E-state index in [1.165, 1.54) is 13.2 Å². The average Bonchev–Trinajstić information content (AvgIpc) is 1.96. The van der Waals surface area contributed by atoms with Crippen LogP contribution in [0, 0.1) is 13.2 Å². The molecule has 62 valence electrons. The van der Waals surface area contributed by atoms with Gasteiger partial charge in [-0.2, -0.15) is 6.20 Å². The van der Waals surface area contributed by atoms with Gasteiger partial charge in [0.2, 0.25) is 0 Å². The van der Waals surface area contributed by atoms with E-state index in [2.05, 4.69) is 24.2 Å². The minimum absolute atomic E-state index is 0. The van der Waals surface area contributed by atoms with Crippen molar-refractivity contribution in [2.45, 2.75) is 0 Å². The van der Waals surface area contributed by atoms with Crippen LogP contribution in [0.4, 0.5) is 0 Å². The molecule has 0 spiro atoms. The smallest absolute Gasteiger partial charge is 0 e. The Morgan fingerprint density at radius 1 is 1.30 bits per heavy atom. The van der Waals surface area contributed by atoms with Crippen LogP contribution < -0.4 is 11.1 Å². The molecule has 0 heterocycles. The summed E-state index contributed by atoms with van der Waals surface area (Å²) < 4.78 is 0. The fourth-order valence-electron chi connectivity index (χ4n) is 0. The van der Waals surface area contributed by atoms with Gasteiger partial charge in [0, 0.05) is 42.1 Å². The molecule has 0 rings (SSSR count). The summed E-state index contributed by atoms with van der Waals surface area (Å²) in [6.45, 7) is 11.8. The van der Waals surface area contributed by atoms with Crippen molar-refractivity contribution >= 4 is 0 Å². The van der Waals surface area contributed by atoms with Crippen LogP contribution in [-0.4, -0.2) is 14.1 Å². The average molecular weight is 482 g/mol. The van der Waals surface area contributed by atoms with Gasteiger partial charge in [-0.1, -0.05) is 0 Å². The molecule has 0 saturated carbocycles. The van der Waals surface area contributed by atoms with Crippen LogP contribution in [0.1, 0.15) is 0 Å². The number of rotatable bonds is 1. The molecule has 0 unspecified atom stereocenters.